The van der Waals surface area contributed by atoms with Crippen LogP contribution in [0, 0.1) is 5.92 Å². The Morgan fingerprint density at radius 1 is 1.24 bits per heavy atom. The number of nitrogens with zero attached hydrogens (tertiary/aromatic N) is 4. The number of anilines is 1. The molecule has 1 aliphatic carbocycles. The first-order chi connectivity index (χ1) is 10.2. The molecule has 0 radical (unpaired) electrons. The van der Waals surface area contributed by atoms with Crippen molar-refractivity contribution >= 4 is 33.0 Å². The number of amides is 1. The molecule has 3 heterocycles. The van der Waals surface area contributed by atoms with Crippen LogP contribution in [0.1, 0.15) is 12.8 Å². The normalized spacial score (nSPS) is 19.3. The van der Waals surface area contributed by atoms with Crippen LogP contribution in [0.15, 0.2) is 29.0 Å². The first-order valence-electron chi connectivity index (χ1n) is 7.39. The zero-order valence-corrected chi connectivity index (χ0v) is 13.3. The number of hydrogen-bond donors (Lipinski definition) is 0. The highest BCUT2D eigenvalue weighted by Crippen LogP contribution is 2.32. The third-order valence-electron chi connectivity index (χ3n) is 4.31. The van der Waals surface area contributed by atoms with Crippen LogP contribution < -0.4 is 4.90 Å². The highest BCUT2D eigenvalue weighted by Gasteiger charge is 2.34. The summed E-state index contributed by atoms with van der Waals surface area (Å²) in [7, 11) is 0. The van der Waals surface area contributed by atoms with Gasteiger partial charge in [0, 0.05) is 49.0 Å². The van der Waals surface area contributed by atoms with E-state index in [4.69, 9.17) is 0 Å². The van der Waals surface area contributed by atoms with Gasteiger partial charge in [-0.3, -0.25) is 4.79 Å². The Labute approximate surface area is 131 Å². The van der Waals surface area contributed by atoms with Gasteiger partial charge < -0.3 is 9.80 Å². The predicted octanol–water partition coefficient (Wildman–Crippen LogP) is 2.16. The average Bonchev–Trinajstić information content (AvgIpc) is 3.27. The van der Waals surface area contributed by atoms with Crippen molar-refractivity contribution in [1.82, 2.24) is 14.5 Å². The topological polar surface area (TPSA) is 40.9 Å². The van der Waals surface area contributed by atoms with Crippen LogP contribution in [0.5, 0.6) is 0 Å². The molecule has 1 amide bonds. The molecule has 1 saturated carbocycles. The van der Waals surface area contributed by atoms with Gasteiger partial charge in [0.25, 0.3) is 0 Å². The monoisotopic (exact) mass is 348 g/mol. The Balaban J connectivity index is 1.53. The van der Waals surface area contributed by atoms with Crippen molar-refractivity contribution in [3.8, 4) is 0 Å². The van der Waals surface area contributed by atoms with E-state index in [-0.39, 0.29) is 0 Å². The molecule has 110 valence electrons. The number of piperazine rings is 1. The molecule has 2 fully saturated rings. The van der Waals surface area contributed by atoms with Crippen molar-refractivity contribution in [3.05, 3.63) is 29.0 Å². The van der Waals surface area contributed by atoms with Gasteiger partial charge >= 0.3 is 0 Å². The van der Waals surface area contributed by atoms with Gasteiger partial charge in [-0.1, -0.05) is 0 Å². The molecule has 0 atom stereocenters. The number of halogens is 1. The molecular formula is C15H17BrN4O. The first kappa shape index (κ1) is 13.1. The summed E-state index contributed by atoms with van der Waals surface area (Å²) in [6.07, 6.45) is 5.96. The molecule has 4 rings (SSSR count). The molecule has 0 spiro atoms. The molecule has 0 unspecified atom stereocenters. The lowest BCUT2D eigenvalue weighted by Crippen LogP contribution is -2.49. The van der Waals surface area contributed by atoms with E-state index >= 15 is 0 Å². The second kappa shape index (κ2) is 5.02. The Hall–Kier alpha value is -1.56. The van der Waals surface area contributed by atoms with Crippen molar-refractivity contribution in [2.24, 2.45) is 5.92 Å². The van der Waals surface area contributed by atoms with Gasteiger partial charge in [0.2, 0.25) is 5.91 Å². The summed E-state index contributed by atoms with van der Waals surface area (Å²) < 4.78 is 2.92. The van der Waals surface area contributed by atoms with Crippen LogP contribution >= 0.6 is 15.9 Å². The molecule has 0 N–H and O–H groups in total. The number of hydrogen-bond acceptors (Lipinski definition) is 3. The molecule has 6 heteroatoms. The maximum atomic E-state index is 12.1. The minimum atomic E-state index is 0.325. The molecule has 2 aromatic heterocycles. The van der Waals surface area contributed by atoms with E-state index in [0.717, 1.165) is 49.0 Å². The van der Waals surface area contributed by atoms with Crippen LogP contribution in [0.4, 0.5) is 5.69 Å². The van der Waals surface area contributed by atoms with Gasteiger partial charge in [0.05, 0.1) is 11.2 Å². The molecule has 0 bridgehead atoms. The predicted molar refractivity (Wildman–Crippen MR) is 84.4 cm³/mol. The Bertz CT molecular complexity index is 686. The Morgan fingerprint density at radius 3 is 2.71 bits per heavy atom. The largest absolute Gasteiger partial charge is 0.366 e. The third-order valence-corrected chi connectivity index (χ3v) is 4.75. The van der Waals surface area contributed by atoms with E-state index in [0.29, 0.717) is 11.8 Å². The minimum Gasteiger partial charge on any atom is -0.366 e. The number of carbonyl (C=O) groups is 1. The van der Waals surface area contributed by atoms with Crippen LogP contribution in [0.2, 0.25) is 0 Å². The number of aromatic nitrogens is 2. The first-order valence-corrected chi connectivity index (χ1v) is 8.18. The van der Waals surface area contributed by atoms with Gasteiger partial charge in [-0.25, -0.2) is 4.52 Å². The van der Waals surface area contributed by atoms with E-state index in [1.54, 1.807) is 0 Å². The highest BCUT2D eigenvalue weighted by molar-refractivity contribution is 9.10. The van der Waals surface area contributed by atoms with E-state index in [9.17, 15) is 4.79 Å². The van der Waals surface area contributed by atoms with Crippen molar-refractivity contribution in [2.45, 2.75) is 12.8 Å². The maximum Gasteiger partial charge on any atom is 0.225 e. The fourth-order valence-electron chi connectivity index (χ4n) is 2.99. The molecule has 1 saturated heterocycles. The second-order valence-corrected chi connectivity index (χ2v) is 6.71. The van der Waals surface area contributed by atoms with Crippen LogP contribution in [-0.2, 0) is 4.79 Å². The summed E-state index contributed by atoms with van der Waals surface area (Å²) >= 11 is 3.50. The zero-order chi connectivity index (χ0) is 14.4. The Kier molecular flexibility index (Phi) is 3.14. The molecule has 21 heavy (non-hydrogen) atoms. The van der Waals surface area contributed by atoms with Crippen molar-refractivity contribution in [3.63, 3.8) is 0 Å². The molecule has 2 aromatic rings. The van der Waals surface area contributed by atoms with E-state index in [1.165, 1.54) is 5.69 Å². The lowest BCUT2D eigenvalue weighted by atomic mass is 10.2. The summed E-state index contributed by atoms with van der Waals surface area (Å²) in [6.45, 7) is 3.43. The van der Waals surface area contributed by atoms with Crippen LogP contribution in [0.25, 0.3) is 5.52 Å². The number of fused-ring (bicyclic) bond motifs is 1. The van der Waals surface area contributed by atoms with Crippen LogP contribution in [0.3, 0.4) is 0 Å². The summed E-state index contributed by atoms with van der Waals surface area (Å²) in [6, 6.07) is 4.14. The molecule has 0 aromatic carbocycles. The van der Waals surface area contributed by atoms with Crippen LogP contribution in [-0.4, -0.2) is 46.6 Å². The molecular weight excluding hydrogens is 332 g/mol. The minimum absolute atomic E-state index is 0.325. The van der Waals surface area contributed by atoms with Gasteiger partial charge in [0.1, 0.15) is 0 Å². The third kappa shape index (κ3) is 2.41. The molecule has 1 aliphatic heterocycles. The molecule has 5 nitrogen and oxygen atoms in total. The highest BCUT2D eigenvalue weighted by atomic mass is 79.9. The summed E-state index contributed by atoms with van der Waals surface area (Å²) in [5, 5.41) is 4.33. The summed E-state index contributed by atoms with van der Waals surface area (Å²) in [5.74, 6) is 0.686. The smallest absolute Gasteiger partial charge is 0.225 e. The van der Waals surface area contributed by atoms with Gasteiger partial charge in [0.15, 0.2) is 0 Å². The number of carbonyl (C=O) groups excluding carboxylic acids is 1. The van der Waals surface area contributed by atoms with Crippen molar-refractivity contribution in [2.75, 3.05) is 31.1 Å². The lowest BCUT2D eigenvalue weighted by Gasteiger charge is -2.36. The van der Waals surface area contributed by atoms with E-state index in [1.807, 2.05) is 21.8 Å². The number of rotatable bonds is 2. The van der Waals surface area contributed by atoms with Crippen molar-refractivity contribution < 1.29 is 4.79 Å². The van der Waals surface area contributed by atoms with Gasteiger partial charge in [-0.2, -0.15) is 5.10 Å². The Morgan fingerprint density at radius 2 is 2.00 bits per heavy atom. The fourth-order valence-corrected chi connectivity index (χ4v) is 3.40. The van der Waals surface area contributed by atoms with E-state index in [2.05, 4.69) is 38.1 Å². The van der Waals surface area contributed by atoms with Gasteiger partial charge in [-0.15, -0.1) is 0 Å². The van der Waals surface area contributed by atoms with Gasteiger partial charge in [-0.05, 0) is 40.9 Å². The van der Waals surface area contributed by atoms with Crippen molar-refractivity contribution in [1.29, 1.82) is 0 Å². The summed E-state index contributed by atoms with van der Waals surface area (Å²) in [5.41, 5.74) is 2.29. The average molecular weight is 349 g/mol. The maximum absolute atomic E-state index is 12.1. The fraction of sp³-hybridized carbons (Fsp3) is 0.467. The quantitative estimate of drug-likeness (QED) is 0.834. The zero-order valence-electron chi connectivity index (χ0n) is 11.7. The lowest BCUT2D eigenvalue weighted by molar-refractivity contribution is -0.132. The second-order valence-electron chi connectivity index (χ2n) is 5.79. The standard InChI is InChI=1S/C15H17BrN4O/c16-12-9-14-13(3-4-17-20(14)10-12)18-5-7-19(8-6-18)15(21)11-1-2-11/h3-4,9-11H,1-2,5-8H2. The summed E-state index contributed by atoms with van der Waals surface area (Å²) in [4.78, 5) is 16.5. The SMILES string of the molecule is O=C(C1CC1)N1CCN(c2ccnn3cc(Br)cc23)CC1. The van der Waals surface area contributed by atoms with E-state index < -0.39 is 0 Å². The molecule has 2 aliphatic rings.